The van der Waals surface area contributed by atoms with Gasteiger partial charge < -0.3 is 19.3 Å². The van der Waals surface area contributed by atoms with E-state index in [9.17, 15) is 14.4 Å². The molecule has 0 unspecified atom stereocenters. The maximum absolute atomic E-state index is 11.4. The Morgan fingerprint density at radius 1 is 0.963 bits per heavy atom. The largest absolute Gasteiger partial charge is 0.472 e. The second-order valence-corrected chi connectivity index (χ2v) is 10.1. The summed E-state index contributed by atoms with van der Waals surface area (Å²) in [5, 5.41) is 0. The lowest BCUT2D eigenvalue weighted by atomic mass is 9.86. The van der Waals surface area contributed by atoms with Crippen molar-refractivity contribution < 1.29 is 23.8 Å². The summed E-state index contributed by atoms with van der Waals surface area (Å²) >= 11 is 0. The molecule has 0 saturated heterocycles. The molecule has 0 aliphatic rings. The monoisotopic (exact) mass is 394 g/mol. The maximum Gasteiger partial charge on any atom is 0.329 e. The van der Waals surface area contributed by atoms with E-state index in [2.05, 4.69) is 9.97 Å². The molecule has 2 N–H and O–H groups in total. The first-order valence-corrected chi connectivity index (χ1v) is 10.4. The number of aromatic nitrogens is 2. The second kappa shape index (κ2) is 7.58. The lowest BCUT2D eigenvalue weighted by Gasteiger charge is -2.22. The summed E-state index contributed by atoms with van der Waals surface area (Å²) in [7, 11) is -4.19. The lowest BCUT2D eigenvalue weighted by Crippen LogP contribution is -2.23. The fourth-order valence-electron chi connectivity index (χ4n) is 2.35. The normalized spacial score (nSPS) is 12.7. The van der Waals surface area contributed by atoms with E-state index >= 15 is 0 Å². The predicted octanol–water partition coefficient (Wildman–Crippen LogP) is 4.42. The third-order valence-electron chi connectivity index (χ3n) is 3.47. The molecule has 2 rings (SSSR count). The van der Waals surface area contributed by atoms with Crippen LogP contribution in [0.2, 0.25) is 0 Å². The van der Waals surface area contributed by atoms with Crippen molar-refractivity contribution in [2.24, 2.45) is 0 Å². The summed E-state index contributed by atoms with van der Waals surface area (Å²) in [6, 6.07) is 6.83. The van der Waals surface area contributed by atoms with E-state index in [-0.39, 0.29) is 17.5 Å². The van der Waals surface area contributed by atoms with Gasteiger partial charge in [-0.15, -0.1) is 0 Å². The van der Waals surface area contributed by atoms with Crippen LogP contribution in [0.3, 0.4) is 0 Å². The van der Waals surface area contributed by atoms with Crippen molar-refractivity contribution in [3.63, 3.8) is 0 Å². The molecule has 0 saturated carbocycles. The Balaban J connectivity index is 2.36. The summed E-state index contributed by atoms with van der Waals surface area (Å²) < 4.78 is 23.0. The van der Waals surface area contributed by atoms with Gasteiger partial charge in [0.2, 0.25) is 11.8 Å². The molecule has 148 valence electrons. The van der Waals surface area contributed by atoms with Gasteiger partial charge in [-0.1, -0.05) is 26.8 Å². The Labute approximate surface area is 159 Å². The summed E-state index contributed by atoms with van der Waals surface area (Å²) in [5.41, 5.74) is 0.790. The first-order chi connectivity index (χ1) is 12.2. The molecule has 1 aromatic carbocycles. The maximum atomic E-state index is 11.4. The van der Waals surface area contributed by atoms with Crippen LogP contribution < -0.4 is 9.47 Å². The van der Waals surface area contributed by atoms with Crippen molar-refractivity contribution in [2.75, 3.05) is 0 Å². The lowest BCUT2D eigenvalue weighted by molar-refractivity contribution is 0.123. The molecule has 0 atom stereocenters. The van der Waals surface area contributed by atoms with Crippen LogP contribution in [0.1, 0.15) is 52.7 Å². The molecule has 27 heavy (non-hydrogen) atoms. The Morgan fingerprint density at radius 2 is 1.59 bits per heavy atom. The van der Waals surface area contributed by atoms with Gasteiger partial charge in [-0.3, -0.25) is 4.57 Å². The molecule has 0 bridgehead atoms. The summed E-state index contributed by atoms with van der Waals surface area (Å²) in [5.74, 6) is 1.12. The molecule has 0 spiro atoms. The van der Waals surface area contributed by atoms with Crippen LogP contribution in [-0.2, 0) is 16.1 Å². The first-order valence-electron chi connectivity index (χ1n) is 8.59. The molecule has 0 radical (unpaired) electrons. The fraction of sp³-hybridized carbons (Fsp3) is 0.474. The number of nitrogens with zero attached hydrogens (tertiary/aromatic N) is 2. The third kappa shape index (κ3) is 7.29. The van der Waals surface area contributed by atoms with Crippen molar-refractivity contribution >= 4 is 7.60 Å². The predicted molar refractivity (Wildman–Crippen MR) is 103 cm³/mol. The van der Waals surface area contributed by atoms with Gasteiger partial charge in [0.05, 0.1) is 12.2 Å². The molecule has 1 heterocycles. The van der Waals surface area contributed by atoms with Gasteiger partial charge in [-0.2, -0.15) is 0 Å². The van der Waals surface area contributed by atoms with Crippen LogP contribution in [0.25, 0.3) is 0 Å². The van der Waals surface area contributed by atoms with Crippen molar-refractivity contribution in [3.05, 3.63) is 41.7 Å². The Kier molecular flexibility index (Phi) is 6.00. The quantitative estimate of drug-likeness (QED) is 0.724. The third-order valence-corrected chi connectivity index (χ3v) is 4.25. The van der Waals surface area contributed by atoms with Crippen LogP contribution >= 0.6 is 7.60 Å². The van der Waals surface area contributed by atoms with Gasteiger partial charge in [0.15, 0.2) is 0 Å². The molecule has 0 aliphatic carbocycles. The zero-order valence-electron chi connectivity index (χ0n) is 16.6. The van der Waals surface area contributed by atoms with E-state index in [4.69, 9.17) is 9.47 Å². The molecule has 2 aromatic rings. The van der Waals surface area contributed by atoms with Crippen molar-refractivity contribution in [3.8, 4) is 17.5 Å². The van der Waals surface area contributed by atoms with Crippen LogP contribution in [0.4, 0.5) is 0 Å². The number of hydrogen-bond acceptors (Lipinski definition) is 5. The van der Waals surface area contributed by atoms with Gasteiger partial charge in [-0.05, 0) is 49.4 Å². The topological polar surface area (TPSA) is 102 Å². The number of rotatable bonds is 5. The van der Waals surface area contributed by atoms with Crippen LogP contribution in [-0.4, -0.2) is 25.4 Å². The van der Waals surface area contributed by atoms with Crippen LogP contribution in [0, 0.1) is 0 Å². The molecular weight excluding hydrogens is 367 g/mol. The average Bonchev–Trinajstić information content (AvgIpc) is 2.42. The van der Waals surface area contributed by atoms with Gasteiger partial charge in [0, 0.05) is 0 Å². The van der Waals surface area contributed by atoms with E-state index in [0.29, 0.717) is 17.2 Å². The smallest absolute Gasteiger partial charge is 0.329 e. The highest BCUT2D eigenvalue weighted by molar-refractivity contribution is 7.50. The molecule has 0 amide bonds. The number of hydrogen-bond donors (Lipinski definition) is 2. The highest BCUT2D eigenvalue weighted by Gasteiger charge is 2.20. The highest BCUT2D eigenvalue weighted by atomic mass is 31.2. The van der Waals surface area contributed by atoms with E-state index in [1.54, 1.807) is 18.2 Å². The van der Waals surface area contributed by atoms with Crippen molar-refractivity contribution in [1.82, 2.24) is 9.97 Å². The Morgan fingerprint density at radius 3 is 2.15 bits per heavy atom. The van der Waals surface area contributed by atoms with Crippen LogP contribution in [0.15, 0.2) is 30.6 Å². The van der Waals surface area contributed by atoms with Gasteiger partial charge >= 0.3 is 7.60 Å². The minimum Gasteiger partial charge on any atom is -0.472 e. The molecule has 0 fully saturated rings. The minimum atomic E-state index is -4.19. The van der Waals surface area contributed by atoms with Gasteiger partial charge in [-0.25, -0.2) is 9.97 Å². The molecular formula is C19H27N2O5P. The number of ether oxygens (including phenoxy) is 2. The summed E-state index contributed by atoms with van der Waals surface area (Å²) in [4.78, 5) is 26.8. The molecule has 8 heteroatoms. The standard InChI is InChI=1S/C19H27N2O5P/c1-18(2,3)14-7-13(11-27(22,23)24)8-15(9-14)25-16-10-17(21-12-20-16)26-19(4,5)6/h7-10,12H,11H2,1-6H3,(H2,22,23,24). The van der Waals surface area contributed by atoms with E-state index in [0.717, 1.165) is 5.56 Å². The Hall–Kier alpha value is -1.95. The van der Waals surface area contributed by atoms with E-state index < -0.39 is 13.2 Å². The zero-order chi connectivity index (χ0) is 20.5. The summed E-state index contributed by atoms with van der Waals surface area (Å²) in [6.07, 6.45) is 0.996. The zero-order valence-corrected chi connectivity index (χ0v) is 17.4. The average molecular weight is 394 g/mol. The summed E-state index contributed by atoms with van der Waals surface area (Å²) in [6.45, 7) is 11.8. The van der Waals surface area contributed by atoms with E-state index in [1.807, 2.05) is 47.6 Å². The van der Waals surface area contributed by atoms with Crippen molar-refractivity contribution in [2.45, 2.75) is 58.7 Å². The highest BCUT2D eigenvalue weighted by Crippen LogP contribution is 2.41. The van der Waals surface area contributed by atoms with Crippen molar-refractivity contribution in [1.29, 1.82) is 0 Å². The Bertz CT molecular complexity index is 850. The molecule has 1 aromatic heterocycles. The van der Waals surface area contributed by atoms with Crippen LogP contribution in [0.5, 0.6) is 17.5 Å². The first kappa shape index (κ1) is 21.4. The minimum absolute atomic E-state index is 0.213. The number of benzene rings is 1. The fourth-order valence-corrected chi connectivity index (χ4v) is 3.01. The molecule has 7 nitrogen and oxygen atoms in total. The SMILES string of the molecule is CC(C)(C)Oc1cc(Oc2cc(CP(=O)(O)O)cc(C(C)(C)C)c2)ncn1. The molecule has 0 aliphatic heterocycles. The van der Waals surface area contributed by atoms with E-state index in [1.165, 1.54) is 6.33 Å². The van der Waals surface area contributed by atoms with Gasteiger partial charge in [0.25, 0.3) is 0 Å². The second-order valence-electron chi connectivity index (χ2n) is 8.45. The van der Waals surface area contributed by atoms with Gasteiger partial charge in [0.1, 0.15) is 17.7 Å².